The maximum Gasteiger partial charge on any atom is 0.308 e. The molecule has 0 aromatic heterocycles. The van der Waals surface area contributed by atoms with E-state index in [2.05, 4.69) is 0 Å². The zero-order chi connectivity index (χ0) is 14.0. The highest BCUT2D eigenvalue weighted by Gasteiger charge is 2.23. The van der Waals surface area contributed by atoms with Gasteiger partial charge < -0.3 is 19.5 Å². The van der Waals surface area contributed by atoms with Crippen molar-refractivity contribution < 1.29 is 19.4 Å². The standard InChI is InChI=1S/C13H16ClNO4/c1-15(2)6-9(13(16)17)3-8-4-11-12(5-10(8)14)19-7-18-11/h4-5,9H,3,6-7H2,1-2H3,(H,16,17). The number of benzene rings is 1. The van der Waals surface area contributed by atoms with Gasteiger partial charge in [-0.3, -0.25) is 4.79 Å². The lowest BCUT2D eigenvalue weighted by molar-refractivity contribution is -0.142. The van der Waals surface area contributed by atoms with Crippen molar-refractivity contribution in [2.45, 2.75) is 6.42 Å². The molecule has 5 nitrogen and oxygen atoms in total. The Morgan fingerprint density at radius 3 is 2.63 bits per heavy atom. The van der Waals surface area contributed by atoms with Crippen LogP contribution in [0, 0.1) is 5.92 Å². The average Bonchev–Trinajstić information content (AvgIpc) is 2.74. The highest BCUT2D eigenvalue weighted by Crippen LogP contribution is 2.37. The van der Waals surface area contributed by atoms with E-state index in [1.165, 1.54) is 0 Å². The highest BCUT2D eigenvalue weighted by atomic mass is 35.5. The Kier molecular flexibility index (Phi) is 4.17. The van der Waals surface area contributed by atoms with Crippen LogP contribution in [-0.2, 0) is 11.2 Å². The number of hydrogen-bond acceptors (Lipinski definition) is 4. The van der Waals surface area contributed by atoms with Crippen molar-refractivity contribution in [1.29, 1.82) is 0 Å². The van der Waals surface area contributed by atoms with Gasteiger partial charge in [0.15, 0.2) is 11.5 Å². The summed E-state index contributed by atoms with van der Waals surface area (Å²) < 4.78 is 10.5. The van der Waals surface area contributed by atoms with E-state index >= 15 is 0 Å². The SMILES string of the molecule is CN(C)CC(Cc1cc2c(cc1Cl)OCO2)C(=O)O. The van der Waals surface area contributed by atoms with Gasteiger partial charge in [0.1, 0.15) is 0 Å². The molecule has 6 heteroatoms. The fourth-order valence-corrected chi connectivity index (χ4v) is 2.28. The molecule has 104 valence electrons. The summed E-state index contributed by atoms with van der Waals surface area (Å²) in [5.41, 5.74) is 0.764. The number of ether oxygens (including phenoxy) is 2. The number of hydrogen-bond donors (Lipinski definition) is 1. The van der Waals surface area contributed by atoms with Crippen LogP contribution < -0.4 is 9.47 Å². The second-order valence-electron chi connectivity index (χ2n) is 4.80. The molecular weight excluding hydrogens is 270 g/mol. The van der Waals surface area contributed by atoms with Crippen molar-refractivity contribution >= 4 is 17.6 Å². The third kappa shape index (κ3) is 3.30. The topological polar surface area (TPSA) is 59.0 Å². The highest BCUT2D eigenvalue weighted by molar-refractivity contribution is 6.31. The number of carbonyl (C=O) groups is 1. The van der Waals surface area contributed by atoms with E-state index in [-0.39, 0.29) is 6.79 Å². The number of aliphatic carboxylic acids is 1. The first kappa shape index (κ1) is 14.0. The molecule has 1 N–H and O–H groups in total. The summed E-state index contributed by atoms with van der Waals surface area (Å²) in [4.78, 5) is 13.1. The van der Waals surface area contributed by atoms with Gasteiger partial charge in [-0.05, 0) is 32.1 Å². The lowest BCUT2D eigenvalue weighted by atomic mass is 9.98. The molecule has 1 heterocycles. The molecule has 0 spiro atoms. The lowest BCUT2D eigenvalue weighted by Gasteiger charge is -2.18. The molecule has 0 radical (unpaired) electrons. The molecule has 0 amide bonds. The van der Waals surface area contributed by atoms with Crippen LogP contribution in [0.15, 0.2) is 12.1 Å². The third-order valence-corrected chi connectivity index (χ3v) is 3.29. The minimum atomic E-state index is -0.831. The number of carboxylic acids is 1. The summed E-state index contributed by atoms with van der Waals surface area (Å²) in [5.74, 6) is -0.114. The minimum absolute atomic E-state index is 0.176. The van der Waals surface area contributed by atoms with Gasteiger partial charge in [-0.2, -0.15) is 0 Å². The normalized spacial score (nSPS) is 14.7. The van der Waals surface area contributed by atoms with Crippen LogP contribution in [0.3, 0.4) is 0 Å². The summed E-state index contributed by atoms with van der Waals surface area (Å²) in [7, 11) is 3.69. The zero-order valence-electron chi connectivity index (χ0n) is 10.9. The molecule has 0 saturated carbocycles. The molecule has 1 aliphatic heterocycles. The molecule has 2 rings (SSSR count). The molecule has 0 aliphatic carbocycles. The quantitative estimate of drug-likeness (QED) is 0.895. The molecule has 0 fully saturated rings. The van der Waals surface area contributed by atoms with Crippen LogP contribution in [0.25, 0.3) is 0 Å². The van der Waals surface area contributed by atoms with Crippen LogP contribution in [0.4, 0.5) is 0 Å². The Bertz CT molecular complexity index is 490. The van der Waals surface area contributed by atoms with E-state index in [1.807, 2.05) is 19.0 Å². The van der Waals surface area contributed by atoms with Crippen molar-refractivity contribution in [3.05, 3.63) is 22.7 Å². The Labute approximate surface area is 116 Å². The van der Waals surface area contributed by atoms with Gasteiger partial charge in [0.25, 0.3) is 0 Å². The maximum absolute atomic E-state index is 11.3. The fourth-order valence-electron chi connectivity index (χ4n) is 2.05. The molecule has 0 saturated heterocycles. The summed E-state index contributed by atoms with van der Waals surface area (Å²) in [5, 5.41) is 9.75. The summed E-state index contributed by atoms with van der Waals surface area (Å²) in [6, 6.07) is 3.43. The summed E-state index contributed by atoms with van der Waals surface area (Å²) >= 11 is 6.15. The Morgan fingerprint density at radius 1 is 1.42 bits per heavy atom. The molecule has 0 bridgehead atoms. The van der Waals surface area contributed by atoms with Crippen molar-refractivity contribution in [2.75, 3.05) is 27.4 Å². The molecule has 19 heavy (non-hydrogen) atoms. The largest absolute Gasteiger partial charge is 0.481 e. The van der Waals surface area contributed by atoms with E-state index in [4.69, 9.17) is 21.1 Å². The van der Waals surface area contributed by atoms with Gasteiger partial charge in [-0.25, -0.2) is 0 Å². The van der Waals surface area contributed by atoms with Gasteiger partial charge in [-0.1, -0.05) is 11.6 Å². The zero-order valence-corrected chi connectivity index (χ0v) is 11.6. The number of carboxylic acid groups (broad SMARTS) is 1. The number of fused-ring (bicyclic) bond motifs is 1. The van der Waals surface area contributed by atoms with Crippen LogP contribution in [0.5, 0.6) is 11.5 Å². The van der Waals surface area contributed by atoms with E-state index < -0.39 is 11.9 Å². The van der Waals surface area contributed by atoms with Gasteiger partial charge in [0.2, 0.25) is 6.79 Å². The van der Waals surface area contributed by atoms with E-state index in [1.54, 1.807) is 12.1 Å². The predicted octanol–water partition coefficient (Wildman–Crippen LogP) is 1.87. The molecule has 1 unspecified atom stereocenters. The molecular formula is C13H16ClNO4. The van der Waals surface area contributed by atoms with Crippen molar-refractivity contribution in [3.63, 3.8) is 0 Å². The number of rotatable bonds is 5. The van der Waals surface area contributed by atoms with Gasteiger partial charge in [0.05, 0.1) is 5.92 Å². The van der Waals surface area contributed by atoms with E-state index in [0.29, 0.717) is 29.5 Å². The Hall–Kier alpha value is -1.46. The second-order valence-corrected chi connectivity index (χ2v) is 5.21. The van der Waals surface area contributed by atoms with Gasteiger partial charge in [0, 0.05) is 17.6 Å². The van der Waals surface area contributed by atoms with Crippen LogP contribution in [0.2, 0.25) is 5.02 Å². The minimum Gasteiger partial charge on any atom is -0.481 e. The summed E-state index contributed by atoms with van der Waals surface area (Å²) in [6.45, 7) is 0.634. The molecule has 1 aromatic carbocycles. The molecule has 1 aliphatic rings. The Morgan fingerprint density at radius 2 is 2.05 bits per heavy atom. The number of nitrogens with zero attached hydrogens (tertiary/aromatic N) is 1. The number of halogens is 1. The van der Waals surface area contributed by atoms with Gasteiger partial charge in [-0.15, -0.1) is 0 Å². The maximum atomic E-state index is 11.3. The molecule has 1 aromatic rings. The van der Waals surface area contributed by atoms with E-state index in [9.17, 15) is 9.90 Å². The first-order valence-corrected chi connectivity index (χ1v) is 6.30. The van der Waals surface area contributed by atoms with Crippen molar-refractivity contribution in [3.8, 4) is 11.5 Å². The molecule has 1 atom stereocenters. The van der Waals surface area contributed by atoms with E-state index in [0.717, 1.165) is 5.56 Å². The van der Waals surface area contributed by atoms with Gasteiger partial charge >= 0.3 is 5.97 Å². The average molecular weight is 286 g/mol. The monoisotopic (exact) mass is 285 g/mol. The van der Waals surface area contributed by atoms with Crippen LogP contribution >= 0.6 is 11.6 Å². The van der Waals surface area contributed by atoms with Crippen molar-refractivity contribution in [2.24, 2.45) is 5.92 Å². The summed E-state index contributed by atoms with van der Waals surface area (Å²) in [6.07, 6.45) is 0.364. The third-order valence-electron chi connectivity index (χ3n) is 2.94. The first-order valence-electron chi connectivity index (χ1n) is 5.93. The second kappa shape index (κ2) is 5.67. The fraction of sp³-hybridized carbons (Fsp3) is 0.462. The smallest absolute Gasteiger partial charge is 0.308 e. The van der Waals surface area contributed by atoms with Crippen LogP contribution in [-0.4, -0.2) is 43.4 Å². The van der Waals surface area contributed by atoms with Crippen molar-refractivity contribution in [1.82, 2.24) is 4.90 Å². The predicted molar refractivity (Wildman–Crippen MR) is 71.0 cm³/mol. The Balaban J connectivity index is 2.19. The first-order chi connectivity index (χ1) is 8.97. The van der Waals surface area contributed by atoms with Crippen LogP contribution in [0.1, 0.15) is 5.56 Å². The lowest BCUT2D eigenvalue weighted by Crippen LogP contribution is -2.29.